The van der Waals surface area contributed by atoms with Crippen LogP contribution in [-0.2, 0) is 0 Å². The van der Waals surface area contributed by atoms with E-state index in [1.165, 1.54) is 6.07 Å². The summed E-state index contributed by atoms with van der Waals surface area (Å²) in [6, 6.07) is 14.9. The molecule has 3 rings (SSSR count). The van der Waals surface area contributed by atoms with Crippen molar-refractivity contribution >= 4 is 28.2 Å². The second kappa shape index (κ2) is 6.54. The van der Waals surface area contributed by atoms with Crippen LogP contribution >= 0.6 is 11.6 Å². The van der Waals surface area contributed by atoms with Gasteiger partial charge in [-0.25, -0.2) is 4.39 Å². The molecule has 3 aromatic rings. The molecule has 0 aliphatic carbocycles. The molecule has 3 nitrogen and oxygen atoms in total. The van der Waals surface area contributed by atoms with Crippen LogP contribution in [0.15, 0.2) is 42.5 Å². The Kier molecular flexibility index (Phi) is 4.46. The van der Waals surface area contributed by atoms with Crippen molar-refractivity contribution in [3.63, 3.8) is 0 Å². The minimum atomic E-state index is -0.479. The third kappa shape index (κ3) is 2.51. The topological polar surface area (TPSA) is 32.0 Å². The fourth-order valence-electron chi connectivity index (χ4n) is 3.07. The molecule has 0 unspecified atom stereocenters. The zero-order valence-corrected chi connectivity index (χ0v) is 14.3. The van der Waals surface area contributed by atoms with Crippen LogP contribution in [-0.4, -0.2) is 17.7 Å². The Morgan fingerprint density at radius 1 is 1.17 bits per heavy atom. The van der Waals surface area contributed by atoms with Gasteiger partial charge in [0.05, 0.1) is 16.2 Å². The highest BCUT2D eigenvalue weighted by Crippen LogP contribution is 2.38. The van der Waals surface area contributed by atoms with Crippen LogP contribution in [0.5, 0.6) is 0 Å². The zero-order valence-electron chi connectivity index (χ0n) is 13.6. The Bertz CT molecular complexity index is 921. The first-order valence-electron chi connectivity index (χ1n) is 7.86. The fraction of sp³-hybridized carbons (Fsp3) is 0.211. The molecule has 2 aromatic carbocycles. The van der Waals surface area contributed by atoms with Gasteiger partial charge in [-0.3, -0.25) is 4.57 Å². The van der Waals surface area contributed by atoms with Crippen molar-refractivity contribution in [3.8, 4) is 11.8 Å². The highest BCUT2D eigenvalue weighted by molar-refractivity contribution is 6.31. The molecule has 0 aliphatic rings. The molecular weight excluding hydrogens is 325 g/mol. The maximum Gasteiger partial charge on any atom is 0.149 e. The van der Waals surface area contributed by atoms with E-state index in [0.29, 0.717) is 11.1 Å². The van der Waals surface area contributed by atoms with Crippen molar-refractivity contribution < 1.29 is 4.39 Å². The van der Waals surface area contributed by atoms with Crippen molar-refractivity contribution in [2.75, 3.05) is 18.0 Å². The molecule has 0 bridgehead atoms. The van der Waals surface area contributed by atoms with E-state index < -0.39 is 5.82 Å². The smallest absolute Gasteiger partial charge is 0.149 e. The number of benzene rings is 2. The van der Waals surface area contributed by atoms with Gasteiger partial charge in [0.2, 0.25) is 0 Å². The lowest BCUT2D eigenvalue weighted by atomic mass is 10.2. The molecule has 0 amide bonds. The number of rotatable bonds is 4. The van der Waals surface area contributed by atoms with Crippen molar-refractivity contribution in [2.45, 2.75) is 13.8 Å². The van der Waals surface area contributed by atoms with Gasteiger partial charge in [-0.15, -0.1) is 0 Å². The van der Waals surface area contributed by atoms with Crippen molar-refractivity contribution in [2.24, 2.45) is 0 Å². The Morgan fingerprint density at radius 3 is 2.42 bits per heavy atom. The maximum absolute atomic E-state index is 14.1. The van der Waals surface area contributed by atoms with Crippen molar-refractivity contribution in [1.29, 1.82) is 5.26 Å². The maximum atomic E-state index is 14.1. The molecule has 0 atom stereocenters. The normalized spacial score (nSPS) is 10.8. The van der Waals surface area contributed by atoms with Gasteiger partial charge in [0.25, 0.3) is 0 Å². The van der Waals surface area contributed by atoms with Crippen LogP contribution < -0.4 is 4.90 Å². The number of nitriles is 1. The number of para-hydroxylation sites is 1. The number of fused-ring (bicyclic) bond motifs is 1. The van der Waals surface area contributed by atoms with Crippen LogP contribution in [0.2, 0.25) is 5.02 Å². The Labute approximate surface area is 145 Å². The van der Waals surface area contributed by atoms with Crippen LogP contribution in [0.1, 0.15) is 19.5 Å². The number of anilines is 1. The summed E-state index contributed by atoms with van der Waals surface area (Å²) in [5, 5.41) is 10.6. The molecule has 122 valence electrons. The number of halogens is 2. The number of hydrogen-bond donors (Lipinski definition) is 0. The average molecular weight is 342 g/mol. The molecule has 5 heteroatoms. The molecule has 1 heterocycles. The SMILES string of the molecule is CCN(CC)c1c(C#N)n(-c2ccccc2)c2cc(Cl)c(F)cc12. The summed E-state index contributed by atoms with van der Waals surface area (Å²) in [6.45, 7) is 5.48. The second-order valence-electron chi connectivity index (χ2n) is 5.44. The summed E-state index contributed by atoms with van der Waals surface area (Å²) >= 11 is 6.01. The van der Waals surface area contributed by atoms with Gasteiger partial charge in [-0.05, 0) is 38.1 Å². The minimum Gasteiger partial charge on any atom is -0.369 e. The van der Waals surface area contributed by atoms with E-state index in [1.54, 1.807) is 6.07 Å². The molecule has 0 saturated heterocycles. The molecular formula is C19H17ClFN3. The molecule has 0 radical (unpaired) electrons. The van der Waals surface area contributed by atoms with Gasteiger partial charge < -0.3 is 4.90 Å². The summed E-state index contributed by atoms with van der Waals surface area (Å²) in [5.74, 6) is -0.479. The molecule has 0 spiro atoms. The average Bonchev–Trinajstić information content (AvgIpc) is 2.91. The standard InChI is InChI=1S/C19H17ClFN3/c1-3-23(4-2)19-14-10-16(21)15(20)11-17(14)24(18(19)12-22)13-8-6-5-7-9-13/h5-11H,3-4H2,1-2H3. The van der Waals surface area contributed by atoms with Gasteiger partial charge in [-0.1, -0.05) is 29.8 Å². The van der Waals surface area contributed by atoms with E-state index in [9.17, 15) is 9.65 Å². The van der Waals surface area contributed by atoms with Gasteiger partial charge in [0, 0.05) is 24.2 Å². The molecule has 1 aromatic heterocycles. The largest absolute Gasteiger partial charge is 0.369 e. The minimum absolute atomic E-state index is 0.0489. The molecule has 0 N–H and O–H groups in total. The Hall–Kier alpha value is -2.51. The van der Waals surface area contributed by atoms with E-state index in [1.807, 2.05) is 48.7 Å². The van der Waals surface area contributed by atoms with Gasteiger partial charge in [-0.2, -0.15) is 5.26 Å². The van der Waals surface area contributed by atoms with Crippen molar-refractivity contribution in [1.82, 2.24) is 4.57 Å². The first kappa shape index (κ1) is 16.4. The van der Waals surface area contributed by atoms with E-state index in [4.69, 9.17) is 11.6 Å². The monoisotopic (exact) mass is 341 g/mol. The summed E-state index contributed by atoms with van der Waals surface area (Å²) in [6.07, 6.45) is 0. The van der Waals surface area contributed by atoms with Gasteiger partial charge in [0.1, 0.15) is 17.6 Å². The predicted molar refractivity (Wildman–Crippen MR) is 96.5 cm³/mol. The summed E-state index contributed by atoms with van der Waals surface area (Å²) in [7, 11) is 0. The first-order valence-corrected chi connectivity index (χ1v) is 8.24. The Morgan fingerprint density at radius 2 is 1.83 bits per heavy atom. The number of nitrogens with zero attached hydrogens (tertiary/aromatic N) is 3. The Balaban J connectivity index is 2.47. The van der Waals surface area contributed by atoms with Crippen LogP contribution in [0.3, 0.4) is 0 Å². The van der Waals surface area contributed by atoms with Gasteiger partial charge in [0.15, 0.2) is 0 Å². The van der Waals surface area contributed by atoms with E-state index in [2.05, 4.69) is 11.0 Å². The summed E-state index contributed by atoms with van der Waals surface area (Å²) < 4.78 is 15.9. The van der Waals surface area contributed by atoms with E-state index in [0.717, 1.165) is 30.0 Å². The van der Waals surface area contributed by atoms with E-state index in [-0.39, 0.29) is 5.02 Å². The number of hydrogen-bond acceptors (Lipinski definition) is 2. The molecule has 0 aliphatic heterocycles. The van der Waals surface area contributed by atoms with E-state index >= 15 is 0 Å². The fourth-order valence-corrected chi connectivity index (χ4v) is 3.23. The lowest BCUT2D eigenvalue weighted by Crippen LogP contribution is -2.22. The summed E-state index contributed by atoms with van der Waals surface area (Å²) in [5.41, 5.74) is 2.81. The highest BCUT2D eigenvalue weighted by Gasteiger charge is 2.23. The third-order valence-corrected chi connectivity index (χ3v) is 4.47. The zero-order chi connectivity index (χ0) is 17.3. The number of aromatic nitrogens is 1. The van der Waals surface area contributed by atoms with Crippen molar-refractivity contribution in [3.05, 3.63) is 59.0 Å². The molecule has 24 heavy (non-hydrogen) atoms. The predicted octanol–water partition coefficient (Wildman–Crippen LogP) is 5.14. The lowest BCUT2D eigenvalue weighted by Gasteiger charge is -2.21. The lowest BCUT2D eigenvalue weighted by molar-refractivity contribution is 0.630. The first-order chi connectivity index (χ1) is 11.6. The van der Waals surface area contributed by atoms with Crippen LogP contribution in [0.25, 0.3) is 16.6 Å². The second-order valence-corrected chi connectivity index (χ2v) is 5.84. The summed E-state index contributed by atoms with van der Waals surface area (Å²) in [4.78, 5) is 2.06. The third-order valence-electron chi connectivity index (χ3n) is 4.18. The molecule has 0 fully saturated rings. The van der Waals surface area contributed by atoms with Crippen LogP contribution in [0, 0.1) is 17.1 Å². The quantitative estimate of drug-likeness (QED) is 0.658. The molecule has 0 saturated carbocycles. The highest BCUT2D eigenvalue weighted by atomic mass is 35.5. The van der Waals surface area contributed by atoms with Gasteiger partial charge >= 0.3 is 0 Å². The van der Waals surface area contributed by atoms with Crippen LogP contribution in [0.4, 0.5) is 10.1 Å².